The Hall–Kier alpha value is -6.39. The molecular weight excluding hydrogens is 816 g/mol. The molecule has 1 amide bonds. The van der Waals surface area contributed by atoms with Crippen molar-refractivity contribution in [3.8, 4) is 11.4 Å². The van der Waals surface area contributed by atoms with E-state index < -0.39 is 41.4 Å². The van der Waals surface area contributed by atoms with E-state index >= 15 is 4.39 Å². The van der Waals surface area contributed by atoms with Crippen molar-refractivity contribution in [2.75, 3.05) is 44.3 Å². The molecule has 1 atom stereocenters. The summed E-state index contributed by atoms with van der Waals surface area (Å²) >= 11 is 0. The monoisotopic (exact) mass is 869 g/mol. The number of alkyl halides is 2. The minimum Gasteiger partial charge on any atom is -0.425 e. The van der Waals surface area contributed by atoms with Gasteiger partial charge >= 0.3 is 11.7 Å². The number of ether oxygens (including phenoxy) is 2. The molecule has 13 nitrogen and oxygen atoms in total. The first-order chi connectivity index (χ1) is 30.3. The SMILES string of the molecule is CC.CC(F)F.CCN(CC)Cc1cccc(OC(=O)C(Cc2ccc(-n3c(=O)c4ccncc4n(C)c3=O)c3ncccc23)NC(=O)c2c(C)cc(N3CCOCC3)cc2F)c1. The van der Waals surface area contributed by atoms with Crippen molar-refractivity contribution >= 4 is 39.4 Å². The number of carbonyl (C=O) groups is 2. The van der Waals surface area contributed by atoms with Crippen molar-refractivity contribution in [1.29, 1.82) is 0 Å². The van der Waals surface area contributed by atoms with Crippen molar-refractivity contribution in [3.63, 3.8) is 0 Å². The Morgan fingerprint density at radius 1 is 0.952 bits per heavy atom. The Bertz CT molecular complexity index is 2630. The fourth-order valence-electron chi connectivity index (χ4n) is 7.34. The fourth-order valence-corrected chi connectivity index (χ4v) is 7.34. The van der Waals surface area contributed by atoms with Crippen molar-refractivity contribution in [1.82, 2.24) is 29.3 Å². The van der Waals surface area contributed by atoms with Crippen LogP contribution < -0.4 is 26.2 Å². The van der Waals surface area contributed by atoms with Crippen LogP contribution in [0.2, 0.25) is 0 Å². The molecular formula is C47H54F3N7O6. The second-order valence-electron chi connectivity index (χ2n) is 14.5. The van der Waals surface area contributed by atoms with Gasteiger partial charge in [0.25, 0.3) is 11.5 Å². The zero-order valence-electron chi connectivity index (χ0n) is 36.7. The fraction of sp³-hybridized carbons (Fsp3) is 0.362. The van der Waals surface area contributed by atoms with Gasteiger partial charge in [-0.15, -0.1) is 0 Å². The zero-order chi connectivity index (χ0) is 45.8. The molecule has 0 spiro atoms. The highest BCUT2D eigenvalue weighted by Gasteiger charge is 2.29. The van der Waals surface area contributed by atoms with Crippen molar-refractivity contribution < 1.29 is 32.2 Å². The van der Waals surface area contributed by atoms with E-state index in [1.165, 1.54) is 23.0 Å². The Morgan fingerprint density at radius 3 is 2.35 bits per heavy atom. The predicted octanol–water partition coefficient (Wildman–Crippen LogP) is 7.00. The normalized spacial score (nSPS) is 13.0. The van der Waals surface area contributed by atoms with E-state index in [0.29, 0.717) is 77.2 Å². The molecule has 1 N–H and O–H groups in total. The second-order valence-corrected chi connectivity index (χ2v) is 14.5. The lowest BCUT2D eigenvalue weighted by Crippen LogP contribution is -2.45. The summed E-state index contributed by atoms with van der Waals surface area (Å²) in [5.74, 6) is -1.97. The van der Waals surface area contributed by atoms with Gasteiger partial charge in [0, 0.05) is 56.6 Å². The number of nitrogens with one attached hydrogen (secondary N) is 1. The number of carbonyl (C=O) groups excluding carboxylic acids is 2. The Kier molecular flexibility index (Phi) is 16.7. The smallest absolute Gasteiger partial charge is 0.335 e. The molecule has 1 aliphatic heterocycles. The third-order valence-corrected chi connectivity index (χ3v) is 10.5. The molecule has 4 heterocycles. The van der Waals surface area contributed by atoms with E-state index in [-0.39, 0.29) is 17.7 Å². The molecule has 63 heavy (non-hydrogen) atoms. The molecule has 1 fully saturated rings. The summed E-state index contributed by atoms with van der Waals surface area (Å²) in [5, 5.41) is 3.60. The number of fused-ring (bicyclic) bond motifs is 2. The van der Waals surface area contributed by atoms with E-state index in [1.54, 1.807) is 74.8 Å². The quantitative estimate of drug-likeness (QED) is 0.101. The van der Waals surface area contributed by atoms with Crippen LogP contribution in [0, 0.1) is 12.7 Å². The number of nitrogens with zero attached hydrogens (tertiary/aromatic N) is 6. The number of aromatic nitrogens is 4. The lowest BCUT2D eigenvalue weighted by Gasteiger charge is -2.29. The highest BCUT2D eigenvalue weighted by atomic mass is 19.3. The van der Waals surface area contributed by atoms with E-state index in [0.717, 1.165) is 30.1 Å². The van der Waals surface area contributed by atoms with Crippen LogP contribution in [0.25, 0.3) is 27.5 Å². The van der Waals surface area contributed by atoms with Crippen molar-refractivity contribution in [3.05, 3.63) is 134 Å². The summed E-state index contributed by atoms with van der Waals surface area (Å²) in [4.78, 5) is 68.4. The van der Waals surface area contributed by atoms with Gasteiger partial charge in [-0.1, -0.05) is 52.0 Å². The maximum atomic E-state index is 15.8. The van der Waals surface area contributed by atoms with Crippen LogP contribution in [0.15, 0.2) is 94.9 Å². The molecule has 0 bridgehead atoms. The Labute approximate surface area is 364 Å². The highest BCUT2D eigenvalue weighted by molar-refractivity contribution is 5.99. The number of morpholine rings is 1. The van der Waals surface area contributed by atoms with Gasteiger partial charge in [-0.05, 0) is 86.1 Å². The van der Waals surface area contributed by atoms with Crippen molar-refractivity contribution in [2.24, 2.45) is 7.05 Å². The van der Waals surface area contributed by atoms with Gasteiger partial charge in [0.05, 0.1) is 47.1 Å². The van der Waals surface area contributed by atoms with Crippen LogP contribution >= 0.6 is 0 Å². The first-order valence-electron chi connectivity index (χ1n) is 21.0. The number of pyridine rings is 2. The number of aryl methyl sites for hydroxylation is 2. The van der Waals surface area contributed by atoms with E-state index in [1.807, 2.05) is 24.8 Å². The van der Waals surface area contributed by atoms with Crippen molar-refractivity contribution in [2.45, 2.75) is 67.0 Å². The van der Waals surface area contributed by atoms with Gasteiger partial charge in [0.1, 0.15) is 17.6 Å². The molecule has 3 aromatic heterocycles. The van der Waals surface area contributed by atoms with Crippen LogP contribution in [0.5, 0.6) is 5.75 Å². The highest BCUT2D eigenvalue weighted by Crippen LogP contribution is 2.27. The molecule has 334 valence electrons. The topological polar surface area (TPSA) is 141 Å². The zero-order valence-corrected chi connectivity index (χ0v) is 36.7. The van der Waals surface area contributed by atoms with Gasteiger partial charge in [-0.3, -0.25) is 29.0 Å². The van der Waals surface area contributed by atoms with Gasteiger partial charge < -0.3 is 19.7 Å². The number of halogens is 3. The number of benzene rings is 3. The molecule has 1 unspecified atom stereocenters. The van der Waals surface area contributed by atoms with E-state index in [9.17, 15) is 28.0 Å². The summed E-state index contributed by atoms with van der Waals surface area (Å²) < 4.78 is 50.3. The lowest BCUT2D eigenvalue weighted by atomic mass is 9.99. The summed E-state index contributed by atoms with van der Waals surface area (Å²) in [5.41, 5.74) is 2.19. The Balaban J connectivity index is 0.00000118. The van der Waals surface area contributed by atoms with E-state index in [4.69, 9.17) is 9.47 Å². The number of anilines is 1. The number of hydrogen-bond acceptors (Lipinski definition) is 10. The third-order valence-electron chi connectivity index (χ3n) is 10.5. The average molecular weight is 870 g/mol. The van der Waals surface area contributed by atoms with Gasteiger partial charge in [-0.25, -0.2) is 27.3 Å². The number of hydrogen-bond donors (Lipinski definition) is 1. The molecule has 7 rings (SSSR count). The largest absolute Gasteiger partial charge is 0.425 e. The Morgan fingerprint density at radius 2 is 1.67 bits per heavy atom. The first kappa shape index (κ1) is 47.7. The minimum absolute atomic E-state index is 0.0883. The van der Waals surface area contributed by atoms with Gasteiger partial charge in [-0.2, -0.15) is 0 Å². The molecule has 0 radical (unpaired) electrons. The molecule has 0 saturated carbocycles. The number of rotatable bonds is 12. The standard InChI is InChI=1S/C43H44FN7O6.C2H4F2.C2H6/c1-5-49(6-2)26-28-9-7-10-31(22-28)57-42(54)35(47-40(52)38-27(3)21-30(24-34(38)44)50-17-19-56-20-18-50)23-29-12-13-36(39-32(29)11-8-15-46-39)51-41(53)33-14-16-45-25-37(33)48(4)43(51)55;1-2(3)4;1-2/h7-16,21-22,24-25,35H,5-6,17-20,23,26H2,1-4H3,(H,47,52);2H,1H3;1-2H3. The summed E-state index contributed by atoms with van der Waals surface area (Å²) in [6.45, 7) is 15.2. The second kappa shape index (κ2) is 22.1. The van der Waals surface area contributed by atoms with E-state index in [2.05, 4.69) is 34.0 Å². The lowest BCUT2D eigenvalue weighted by molar-refractivity contribution is -0.136. The summed E-state index contributed by atoms with van der Waals surface area (Å²) in [6.07, 6.45) is 2.23. The molecule has 3 aromatic carbocycles. The van der Waals surface area contributed by atoms with Crippen LogP contribution in [0.4, 0.5) is 18.9 Å². The number of esters is 1. The first-order valence-corrected chi connectivity index (χ1v) is 21.0. The molecule has 6 aromatic rings. The van der Waals surface area contributed by atoms with Crippen LogP contribution in [-0.2, 0) is 29.5 Å². The predicted molar refractivity (Wildman–Crippen MR) is 239 cm³/mol. The maximum Gasteiger partial charge on any atom is 0.335 e. The minimum atomic E-state index is -2.17. The molecule has 1 saturated heterocycles. The summed E-state index contributed by atoms with van der Waals surface area (Å²) in [7, 11) is 1.56. The van der Waals surface area contributed by atoms with Gasteiger partial charge in [0.2, 0.25) is 6.43 Å². The maximum absolute atomic E-state index is 15.8. The number of amides is 1. The molecule has 16 heteroatoms. The average Bonchev–Trinajstić information content (AvgIpc) is 3.28. The molecule has 1 aliphatic rings. The molecule has 0 aliphatic carbocycles. The van der Waals surface area contributed by atoms with Crippen LogP contribution in [0.1, 0.15) is 61.7 Å². The summed E-state index contributed by atoms with van der Waals surface area (Å²) in [6, 6.07) is 17.3. The third kappa shape index (κ3) is 11.4. The van der Waals surface area contributed by atoms with Gasteiger partial charge in [0.15, 0.2) is 0 Å². The van der Waals surface area contributed by atoms with Crippen LogP contribution in [0.3, 0.4) is 0 Å². The van der Waals surface area contributed by atoms with Crippen LogP contribution in [-0.4, -0.2) is 87.7 Å².